The van der Waals surface area contributed by atoms with E-state index in [2.05, 4.69) is 20.9 Å². The van der Waals surface area contributed by atoms with E-state index in [-0.39, 0.29) is 4.90 Å². The Morgan fingerprint density at radius 2 is 1.76 bits per heavy atom. The average Bonchev–Trinajstić information content (AvgIpc) is 3.04. The molecule has 0 saturated heterocycles. The van der Waals surface area contributed by atoms with Crippen LogP contribution in [-0.4, -0.2) is 36.3 Å². The first-order valence-electron chi connectivity index (χ1n) is 9.30. The number of fused-ring (bicyclic) bond motifs is 1. The van der Waals surface area contributed by atoms with Gasteiger partial charge in [0.05, 0.1) is 15.1 Å². The molecule has 0 saturated carbocycles. The zero-order valence-corrected chi connectivity index (χ0v) is 19.6. The molecule has 0 aliphatic carbocycles. The average molecular weight is 496 g/mol. The minimum absolute atomic E-state index is 0.174. The van der Waals surface area contributed by atoms with E-state index in [1.807, 2.05) is 29.7 Å². The lowest BCUT2D eigenvalue weighted by Crippen LogP contribution is -2.30. The summed E-state index contributed by atoms with van der Waals surface area (Å²) in [5.41, 5.74) is 1.37. The van der Waals surface area contributed by atoms with Crippen molar-refractivity contribution in [3.63, 3.8) is 0 Å². The maximum Gasteiger partial charge on any atom is 0.279 e. The maximum absolute atomic E-state index is 12.7. The predicted molar refractivity (Wildman–Crippen MR) is 120 cm³/mol. The molecule has 0 unspecified atom stereocenters. The number of thiazole rings is 1. The highest BCUT2D eigenvalue weighted by molar-refractivity contribution is 9.10. The summed E-state index contributed by atoms with van der Waals surface area (Å²) in [6.45, 7) is 7.08. The highest BCUT2D eigenvalue weighted by atomic mass is 79.9. The minimum Gasteiger partial charge on any atom is -0.317 e. The van der Waals surface area contributed by atoms with Crippen molar-refractivity contribution in [2.24, 2.45) is 4.99 Å². The number of hydrogen-bond acceptors (Lipinski definition) is 4. The van der Waals surface area contributed by atoms with Gasteiger partial charge in [0.15, 0.2) is 4.80 Å². The first kappa shape index (κ1) is 21.9. The van der Waals surface area contributed by atoms with E-state index < -0.39 is 15.9 Å². The van der Waals surface area contributed by atoms with Crippen LogP contribution < -0.4 is 4.80 Å². The molecule has 0 radical (unpaired) electrons. The van der Waals surface area contributed by atoms with Gasteiger partial charge in [-0.25, -0.2) is 8.42 Å². The van der Waals surface area contributed by atoms with Crippen molar-refractivity contribution >= 4 is 53.4 Å². The van der Waals surface area contributed by atoms with Gasteiger partial charge in [0.1, 0.15) is 0 Å². The second kappa shape index (κ2) is 8.91. The van der Waals surface area contributed by atoms with Gasteiger partial charge in [-0.3, -0.25) is 4.79 Å². The topological polar surface area (TPSA) is 71.7 Å². The third-order valence-corrected chi connectivity index (χ3v) is 8.20. The van der Waals surface area contributed by atoms with Gasteiger partial charge in [0.25, 0.3) is 5.91 Å². The summed E-state index contributed by atoms with van der Waals surface area (Å²) in [7, 11) is -3.55. The molecular formula is C20H22BrN3O3S2. The third-order valence-electron chi connectivity index (χ3n) is 4.60. The number of carbonyl (C=O) groups is 1. The van der Waals surface area contributed by atoms with Crippen LogP contribution in [0.5, 0.6) is 0 Å². The molecule has 0 aliphatic rings. The van der Waals surface area contributed by atoms with Crippen LogP contribution in [0.15, 0.2) is 56.8 Å². The van der Waals surface area contributed by atoms with E-state index in [1.54, 1.807) is 13.8 Å². The van der Waals surface area contributed by atoms with Crippen LogP contribution in [0.4, 0.5) is 0 Å². The molecule has 3 rings (SSSR count). The molecule has 154 valence electrons. The zero-order valence-electron chi connectivity index (χ0n) is 16.4. The molecule has 0 fully saturated rings. The number of aromatic nitrogens is 1. The van der Waals surface area contributed by atoms with Gasteiger partial charge >= 0.3 is 0 Å². The normalized spacial score (nSPS) is 12.8. The first-order chi connectivity index (χ1) is 13.8. The number of carbonyl (C=O) groups excluding carboxylic acids is 1. The zero-order chi connectivity index (χ0) is 21.2. The van der Waals surface area contributed by atoms with Gasteiger partial charge in [-0.15, -0.1) is 0 Å². The van der Waals surface area contributed by atoms with Crippen molar-refractivity contribution in [1.29, 1.82) is 0 Å². The first-order valence-corrected chi connectivity index (χ1v) is 12.3. The van der Waals surface area contributed by atoms with E-state index in [9.17, 15) is 13.2 Å². The van der Waals surface area contributed by atoms with Crippen LogP contribution in [0, 0.1) is 0 Å². The van der Waals surface area contributed by atoms with Crippen LogP contribution in [0.25, 0.3) is 10.2 Å². The van der Waals surface area contributed by atoms with Crippen LogP contribution in [0.2, 0.25) is 0 Å². The van der Waals surface area contributed by atoms with Gasteiger partial charge in [0, 0.05) is 29.7 Å². The summed E-state index contributed by atoms with van der Waals surface area (Å²) in [6.07, 6.45) is 0. The van der Waals surface area contributed by atoms with Crippen LogP contribution in [-0.2, 0) is 16.6 Å². The lowest BCUT2D eigenvalue weighted by atomic mass is 10.2. The summed E-state index contributed by atoms with van der Waals surface area (Å²) in [5, 5.41) is 0. The highest BCUT2D eigenvalue weighted by Gasteiger charge is 2.21. The Bertz CT molecular complexity index is 1210. The Hall–Kier alpha value is -1.81. The van der Waals surface area contributed by atoms with Gasteiger partial charge in [-0.05, 0) is 49.4 Å². The number of amides is 1. The molecule has 3 aromatic rings. The monoisotopic (exact) mass is 495 g/mol. The van der Waals surface area contributed by atoms with Crippen molar-refractivity contribution in [2.75, 3.05) is 13.1 Å². The van der Waals surface area contributed by atoms with E-state index in [1.165, 1.54) is 39.9 Å². The summed E-state index contributed by atoms with van der Waals surface area (Å²) in [5.74, 6) is -0.399. The lowest BCUT2D eigenvalue weighted by Gasteiger charge is -2.18. The molecule has 6 nitrogen and oxygen atoms in total. The molecule has 1 amide bonds. The Balaban J connectivity index is 1.97. The van der Waals surface area contributed by atoms with Crippen molar-refractivity contribution in [2.45, 2.75) is 32.2 Å². The van der Waals surface area contributed by atoms with E-state index >= 15 is 0 Å². The molecule has 29 heavy (non-hydrogen) atoms. The minimum atomic E-state index is -3.55. The van der Waals surface area contributed by atoms with E-state index in [0.717, 1.165) is 14.7 Å². The van der Waals surface area contributed by atoms with Crippen molar-refractivity contribution < 1.29 is 13.2 Å². The fourth-order valence-electron chi connectivity index (χ4n) is 3.07. The molecule has 0 bridgehead atoms. The van der Waals surface area contributed by atoms with Gasteiger partial charge in [-0.2, -0.15) is 9.30 Å². The van der Waals surface area contributed by atoms with Gasteiger partial charge in [0.2, 0.25) is 10.0 Å². The van der Waals surface area contributed by atoms with Crippen LogP contribution in [0.1, 0.15) is 31.1 Å². The Morgan fingerprint density at radius 3 is 2.34 bits per heavy atom. The standard InChI is InChI=1S/C20H22BrN3O3S2/c1-4-23(5-2)29(26,27)16-10-7-14(8-11-16)19(25)22-20-24(6-3)17-12-9-15(21)13-18(17)28-20/h7-13H,4-6H2,1-3H3. The number of halogens is 1. The third kappa shape index (κ3) is 4.37. The fourth-order valence-corrected chi connectivity index (χ4v) is 6.17. The number of hydrogen-bond donors (Lipinski definition) is 0. The Morgan fingerprint density at radius 1 is 1.10 bits per heavy atom. The summed E-state index contributed by atoms with van der Waals surface area (Å²) in [6, 6.07) is 11.9. The molecule has 0 atom stereocenters. The molecular weight excluding hydrogens is 474 g/mol. The fraction of sp³-hybridized carbons (Fsp3) is 0.300. The smallest absolute Gasteiger partial charge is 0.279 e. The number of rotatable bonds is 6. The van der Waals surface area contributed by atoms with Crippen molar-refractivity contribution in [3.8, 4) is 0 Å². The van der Waals surface area contributed by atoms with Crippen molar-refractivity contribution in [3.05, 3.63) is 57.3 Å². The molecule has 0 N–H and O–H groups in total. The molecule has 1 heterocycles. The van der Waals surface area contributed by atoms with Crippen LogP contribution in [0.3, 0.4) is 0 Å². The van der Waals surface area contributed by atoms with Crippen LogP contribution >= 0.6 is 27.3 Å². The van der Waals surface area contributed by atoms with E-state index in [0.29, 0.717) is 30.0 Å². The quantitative estimate of drug-likeness (QED) is 0.512. The Labute approximate surface area is 182 Å². The lowest BCUT2D eigenvalue weighted by molar-refractivity contribution is 0.0997. The summed E-state index contributed by atoms with van der Waals surface area (Å²) in [4.78, 5) is 17.8. The number of benzene rings is 2. The second-order valence-corrected chi connectivity index (χ2v) is 10.1. The second-order valence-electron chi connectivity index (χ2n) is 6.27. The molecule has 0 aliphatic heterocycles. The number of nitrogens with zero attached hydrogens (tertiary/aromatic N) is 3. The Kier molecular flexibility index (Phi) is 6.72. The maximum atomic E-state index is 12.7. The van der Waals surface area contributed by atoms with Crippen molar-refractivity contribution in [1.82, 2.24) is 8.87 Å². The number of aryl methyl sites for hydroxylation is 1. The largest absolute Gasteiger partial charge is 0.317 e. The molecule has 9 heteroatoms. The highest BCUT2D eigenvalue weighted by Crippen LogP contribution is 2.22. The van der Waals surface area contributed by atoms with E-state index in [4.69, 9.17) is 0 Å². The summed E-state index contributed by atoms with van der Waals surface area (Å²) < 4.78 is 30.6. The number of sulfonamides is 1. The molecule has 0 spiro atoms. The molecule has 2 aromatic carbocycles. The molecule has 1 aromatic heterocycles. The predicted octanol–water partition coefficient (Wildman–Crippen LogP) is 4.26. The summed E-state index contributed by atoms with van der Waals surface area (Å²) >= 11 is 4.91. The van der Waals surface area contributed by atoms with Gasteiger partial charge in [-0.1, -0.05) is 41.1 Å². The SMILES string of the molecule is CCN(CC)S(=O)(=O)c1ccc(C(=O)N=c2sc3cc(Br)ccc3n2CC)cc1. The van der Waals surface area contributed by atoms with Gasteiger partial charge < -0.3 is 4.57 Å².